The summed E-state index contributed by atoms with van der Waals surface area (Å²) in [4.78, 5) is 41.4. The number of aromatic amines is 1. The molecule has 0 fully saturated rings. The first-order valence-corrected chi connectivity index (χ1v) is 8.35. The molecule has 29 heavy (non-hydrogen) atoms. The minimum absolute atomic E-state index is 0.0895. The van der Waals surface area contributed by atoms with Crippen LogP contribution in [-0.4, -0.2) is 37.6 Å². The summed E-state index contributed by atoms with van der Waals surface area (Å²) >= 11 is 0. The van der Waals surface area contributed by atoms with Crippen LogP contribution in [0.25, 0.3) is 16.7 Å². The Hall–Kier alpha value is -4.34. The fraction of sp³-hybridized carbons (Fsp3) is 0.0526. The number of imidazole rings is 1. The first-order valence-electron chi connectivity index (χ1n) is 8.35. The van der Waals surface area contributed by atoms with Crippen LogP contribution in [0.5, 0.6) is 11.5 Å². The molecule has 0 atom stereocenters. The molecule has 0 saturated carbocycles. The second-order valence-corrected chi connectivity index (χ2v) is 6.00. The number of fused-ring (bicyclic) bond motifs is 1. The Bertz CT molecular complexity index is 1320. The van der Waals surface area contributed by atoms with Crippen molar-refractivity contribution >= 4 is 17.0 Å². The van der Waals surface area contributed by atoms with Crippen molar-refractivity contribution in [1.82, 2.24) is 19.3 Å². The highest BCUT2D eigenvalue weighted by molar-refractivity contribution is 5.89. The molecule has 0 aliphatic carbocycles. The van der Waals surface area contributed by atoms with Crippen LogP contribution >= 0.6 is 0 Å². The number of H-pyrrole nitrogens is 1. The Balaban J connectivity index is 1.85. The number of nitrogens with one attached hydrogen (secondary N) is 1. The van der Waals surface area contributed by atoms with E-state index < -0.39 is 17.1 Å². The SMILES string of the molecule is COC(=O)c1ccc(Oc2cc3[nH]c(=O)c(=O)n(O)c3cc2-n2ccnc2)cc1. The van der Waals surface area contributed by atoms with Crippen molar-refractivity contribution in [2.75, 3.05) is 7.11 Å². The van der Waals surface area contributed by atoms with E-state index in [4.69, 9.17) is 4.74 Å². The smallest absolute Gasteiger partial charge is 0.348 e. The van der Waals surface area contributed by atoms with Crippen molar-refractivity contribution in [3.8, 4) is 17.2 Å². The summed E-state index contributed by atoms with van der Waals surface area (Å²) in [6.07, 6.45) is 4.72. The molecule has 2 heterocycles. The number of hydrogen-bond donors (Lipinski definition) is 2. The number of methoxy groups -OCH3 is 1. The van der Waals surface area contributed by atoms with Gasteiger partial charge in [0.1, 0.15) is 11.3 Å². The summed E-state index contributed by atoms with van der Waals surface area (Å²) in [5.41, 5.74) is -0.957. The topological polar surface area (TPSA) is 128 Å². The van der Waals surface area contributed by atoms with Gasteiger partial charge in [-0.3, -0.25) is 9.59 Å². The van der Waals surface area contributed by atoms with Crippen LogP contribution in [0.1, 0.15) is 10.4 Å². The van der Waals surface area contributed by atoms with Crippen molar-refractivity contribution in [2.45, 2.75) is 0 Å². The predicted octanol–water partition coefficient (Wildman–Crippen LogP) is 1.69. The van der Waals surface area contributed by atoms with Crippen molar-refractivity contribution in [1.29, 1.82) is 0 Å². The van der Waals surface area contributed by atoms with Crippen LogP contribution < -0.4 is 15.9 Å². The van der Waals surface area contributed by atoms with E-state index >= 15 is 0 Å². The van der Waals surface area contributed by atoms with Gasteiger partial charge < -0.3 is 24.2 Å². The van der Waals surface area contributed by atoms with E-state index in [9.17, 15) is 19.6 Å². The molecular weight excluding hydrogens is 380 g/mol. The molecule has 4 aromatic rings. The molecule has 146 valence electrons. The Morgan fingerprint density at radius 2 is 1.93 bits per heavy atom. The van der Waals surface area contributed by atoms with Crippen molar-refractivity contribution < 1.29 is 19.5 Å². The Morgan fingerprint density at radius 1 is 1.17 bits per heavy atom. The monoisotopic (exact) mass is 394 g/mol. The molecule has 0 aliphatic rings. The van der Waals surface area contributed by atoms with Gasteiger partial charge >= 0.3 is 17.1 Å². The van der Waals surface area contributed by atoms with E-state index in [0.29, 0.717) is 22.7 Å². The standard InChI is InChI=1S/C19H14N4O6/c1-28-19(26)11-2-4-12(5-3-11)29-16-8-13-14(23(27)18(25)17(24)21-13)9-15(16)22-7-6-20-10-22/h2-10,27H,1H3,(H,21,24). The maximum atomic E-state index is 11.7. The van der Waals surface area contributed by atoms with Gasteiger partial charge in [-0.2, -0.15) is 0 Å². The number of carbonyl (C=O) groups excluding carboxylic acids is 1. The molecule has 0 aliphatic heterocycles. The molecule has 2 aromatic carbocycles. The lowest BCUT2D eigenvalue weighted by Gasteiger charge is -2.14. The number of carbonyl (C=O) groups is 1. The first kappa shape index (κ1) is 18.0. The molecule has 2 N–H and O–H groups in total. The van der Waals surface area contributed by atoms with E-state index in [0.717, 1.165) is 0 Å². The van der Waals surface area contributed by atoms with Gasteiger partial charge in [0, 0.05) is 18.5 Å². The molecule has 0 bridgehead atoms. The van der Waals surface area contributed by atoms with Crippen molar-refractivity contribution in [3.05, 3.63) is 81.4 Å². The second-order valence-electron chi connectivity index (χ2n) is 6.00. The van der Waals surface area contributed by atoms with Gasteiger partial charge in [-0.15, -0.1) is 4.73 Å². The average molecular weight is 394 g/mol. The van der Waals surface area contributed by atoms with E-state index in [1.165, 1.54) is 25.6 Å². The molecule has 10 nitrogen and oxygen atoms in total. The fourth-order valence-corrected chi connectivity index (χ4v) is 2.80. The van der Waals surface area contributed by atoms with Gasteiger partial charge in [0.2, 0.25) is 0 Å². The van der Waals surface area contributed by atoms with E-state index in [-0.39, 0.29) is 15.8 Å². The minimum atomic E-state index is -1.10. The third-order valence-corrected chi connectivity index (χ3v) is 4.23. The molecule has 0 unspecified atom stereocenters. The molecule has 4 rings (SSSR count). The van der Waals surface area contributed by atoms with E-state index in [2.05, 4.69) is 14.7 Å². The number of nitrogens with zero attached hydrogens (tertiary/aromatic N) is 3. The summed E-state index contributed by atoms with van der Waals surface area (Å²) in [5.74, 6) is 0.258. The Labute approximate surface area is 162 Å². The predicted molar refractivity (Wildman–Crippen MR) is 101 cm³/mol. The van der Waals surface area contributed by atoms with Crippen LogP contribution in [-0.2, 0) is 4.74 Å². The van der Waals surface area contributed by atoms with Crippen LogP contribution in [0.3, 0.4) is 0 Å². The van der Waals surface area contributed by atoms with Gasteiger partial charge in [0.25, 0.3) is 0 Å². The lowest BCUT2D eigenvalue weighted by Crippen LogP contribution is -2.35. The number of hydrogen-bond acceptors (Lipinski definition) is 7. The zero-order chi connectivity index (χ0) is 20.5. The summed E-state index contributed by atoms with van der Waals surface area (Å²) in [7, 11) is 1.29. The zero-order valence-corrected chi connectivity index (χ0v) is 15.0. The minimum Gasteiger partial charge on any atom is -0.465 e. The first-order chi connectivity index (χ1) is 14.0. The molecule has 0 radical (unpaired) electrons. The largest absolute Gasteiger partial charge is 0.465 e. The van der Waals surface area contributed by atoms with Crippen LogP contribution in [0, 0.1) is 0 Å². The van der Waals surface area contributed by atoms with Crippen molar-refractivity contribution in [3.63, 3.8) is 0 Å². The van der Waals surface area contributed by atoms with Gasteiger partial charge in [-0.1, -0.05) is 0 Å². The third-order valence-electron chi connectivity index (χ3n) is 4.23. The lowest BCUT2D eigenvalue weighted by molar-refractivity contribution is 0.0600. The van der Waals surface area contributed by atoms with Gasteiger partial charge in [0.05, 0.1) is 30.2 Å². The average Bonchev–Trinajstić information content (AvgIpc) is 3.26. The number of aromatic nitrogens is 4. The molecular formula is C19H14N4O6. The maximum absolute atomic E-state index is 11.7. The lowest BCUT2D eigenvalue weighted by atomic mass is 10.2. The van der Waals surface area contributed by atoms with Crippen LogP contribution in [0.2, 0.25) is 0 Å². The molecule has 0 amide bonds. The molecule has 10 heteroatoms. The Morgan fingerprint density at radius 3 is 2.59 bits per heavy atom. The molecule has 0 spiro atoms. The number of esters is 1. The summed E-state index contributed by atoms with van der Waals surface area (Å²) in [5, 5.41) is 10.0. The highest BCUT2D eigenvalue weighted by atomic mass is 16.5. The quantitative estimate of drug-likeness (QED) is 0.306. The summed E-state index contributed by atoms with van der Waals surface area (Å²) < 4.78 is 12.5. The summed E-state index contributed by atoms with van der Waals surface area (Å²) in [6, 6.07) is 9.23. The fourth-order valence-electron chi connectivity index (χ4n) is 2.80. The van der Waals surface area contributed by atoms with E-state index in [1.807, 2.05) is 0 Å². The van der Waals surface area contributed by atoms with Crippen LogP contribution in [0.4, 0.5) is 0 Å². The number of rotatable bonds is 4. The second kappa shape index (κ2) is 7.00. The van der Waals surface area contributed by atoms with Gasteiger partial charge in [-0.05, 0) is 30.3 Å². The Kier molecular flexibility index (Phi) is 4.36. The van der Waals surface area contributed by atoms with Crippen LogP contribution in [0.15, 0.2) is 64.7 Å². The normalized spacial score (nSPS) is 10.8. The van der Waals surface area contributed by atoms with Crippen molar-refractivity contribution in [2.24, 2.45) is 0 Å². The van der Waals surface area contributed by atoms with Gasteiger partial charge in [-0.25, -0.2) is 9.78 Å². The van der Waals surface area contributed by atoms with E-state index in [1.54, 1.807) is 41.2 Å². The zero-order valence-electron chi connectivity index (χ0n) is 15.0. The highest BCUT2D eigenvalue weighted by Gasteiger charge is 2.15. The number of benzene rings is 2. The molecule has 0 saturated heterocycles. The van der Waals surface area contributed by atoms with Gasteiger partial charge in [0.15, 0.2) is 5.75 Å². The summed E-state index contributed by atoms with van der Waals surface area (Å²) in [6.45, 7) is 0. The third kappa shape index (κ3) is 3.23. The number of ether oxygens (including phenoxy) is 2. The molecule has 2 aromatic heterocycles. The maximum Gasteiger partial charge on any atom is 0.348 e. The highest BCUT2D eigenvalue weighted by Crippen LogP contribution is 2.31.